The minimum atomic E-state index is -0.390. The summed E-state index contributed by atoms with van der Waals surface area (Å²) < 4.78 is 5.15. The summed E-state index contributed by atoms with van der Waals surface area (Å²) in [6, 6.07) is 3.18. The molecule has 6 heteroatoms. The number of nitrogens with zero attached hydrogens (tertiary/aromatic N) is 1. The molecule has 0 atom stereocenters. The number of H-pyrrole nitrogens is 1. The number of aromatic amines is 1. The summed E-state index contributed by atoms with van der Waals surface area (Å²) in [5.74, 6) is 0.164. The normalized spacial score (nSPS) is 10.7. The van der Waals surface area contributed by atoms with Crippen LogP contribution in [0, 0.1) is 6.92 Å². The van der Waals surface area contributed by atoms with Crippen molar-refractivity contribution in [1.29, 1.82) is 0 Å². The first kappa shape index (κ1) is 13.1. The highest BCUT2D eigenvalue weighted by atomic mass is 16.5. The third kappa shape index (κ3) is 2.57. The molecule has 0 bridgehead atoms. The maximum atomic E-state index is 12.2. The van der Waals surface area contributed by atoms with Crippen molar-refractivity contribution in [1.82, 2.24) is 10.1 Å². The molecule has 2 N–H and O–H groups in total. The monoisotopic (exact) mass is 261 g/mol. The average molecular weight is 261 g/mol. The van der Waals surface area contributed by atoms with Crippen LogP contribution in [0.5, 0.6) is 0 Å². The molecule has 2 aromatic rings. The van der Waals surface area contributed by atoms with Gasteiger partial charge in [-0.05, 0) is 19.1 Å². The second-order valence-electron chi connectivity index (χ2n) is 4.53. The third-order valence-electron chi connectivity index (χ3n) is 2.71. The molecular weight excluding hydrogens is 246 g/mol. The van der Waals surface area contributed by atoms with Crippen LogP contribution in [-0.2, 0) is 0 Å². The van der Waals surface area contributed by atoms with E-state index in [4.69, 9.17) is 4.52 Å². The molecule has 19 heavy (non-hydrogen) atoms. The van der Waals surface area contributed by atoms with E-state index in [-0.39, 0.29) is 23.1 Å². The van der Waals surface area contributed by atoms with Crippen molar-refractivity contribution in [3.05, 3.63) is 45.7 Å². The summed E-state index contributed by atoms with van der Waals surface area (Å²) in [6.45, 7) is 5.51. The molecule has 0 saturated carbocycles. The molecule has 0 radical (unpaired) electrons. The number of carbonyl (C=O) groups excluding carboxylic acids is 1. The fourth-order valence-corrected chi connectivity index (χ4v) is 1.76. The van der Waals surface area contributed by atoms with E-state index in [9.17, 15) is 9.59 Å². The molecule has 0 fully saturated rings. The zero-order valence-corrected chi connectivity index (χ0v) is 11.0. The van der Waals surface area contributed by atoms with Crippen molar-refractivity contribution in [2.75, 3.05) is 5.32 Å². The lowest BCUT2D eigenvalue weighted by molar-refractivity contribution is 0.102. The summed E-state index contributed by atoms with van der Waals surface area (Å²) in [4.78, 5) is 26.2. The van der Waals surface area contributed by atoms with Gasteiger partial charge in [-0.3, -0.25) is 9.59 Å². The highest BCUT2D eigenvalue weighted by Gasteiger charge is 2.22. The lowest BCUT2D eigenvalue weighted by Gasteiger charge is -2.06. The molecule has 0 aliphatic rings. The van der Waals surface area contributed by atoms with Crippen molar-refractivity contribution < 1.29 is 9.32 Å². The predicted octanol–water partition coefficient (Wildman–Crippen LogP) is 2.05. The second-order valence-corrected chi connectivity index (χ2v) is 4.53. The van der Waals surface area contributed by atoms with Gasteiger partial charge in [0, 0.05) is 12.1 Å². The van der Waals surface area contributed by atoms with Crippen LogP contribution in [0.4, 0.5) is 5.69 Å². The number of pyridine rings is 1. The molecule has 0 unspecified atom stereocenters. The average Bonchev–Trinajstić information content (AvgIpc) is 2.74. The fourth-order valence-electron chi connectivity index (χ4n) is 1.76. The number of aromatic nitrogens is 2. The zero-order chi connectivity index (χ0) is 14.0. The predicted molar refractivity (Wildman–Crippen MR) is 70.3 cm³/mol. The zero-order valence-electron chi connectivity index (χ0n) is 11.0. The third-order valence-corrected chi connectivity index (χ3v) is 2.71. The minimum absolute atomic E-state index is 0.0380. The van der Waals surface area contributed by atoms with Crippen molar-refractivity contribution >= 4 is 11.6 Å². The van der Waals surface area contributed by atoms with E-state index in [0.29, 0.717) is 17.0 Å². The number of hydrogen-bond donors (Lipinski definition) is 2. The van der Waals surface area contributed by atoms with E-state index in [1.165, 1.54) is 12.3 Å². The maximum absolute atomic E-state index is 12.2. The number of amides is 1. The summed E-state index contributed by atoms with van der Waals surface area (Å²) in [7, 11) is 0. The molecule has 0 aliphatic heterocycles. The Labute approximate surface area is 109 Å². The van der Waals surface area contributed by atoms with Crippen LogP contribution in [0.25, 0.3) is 0 Å². The van der Waals surface area contributed by atoms with Gasteiger partial charge in [-0.2, -0.15) is 0 Å². The first-order valence-electron chi connectivity index (χ1n) is 5.96. The summed E-state index contributed by atoms with van der Waals surface area (Å²) in [5.41, 5.74) is 0.741. The smallest absolute Gasteiger partial charge is 0.271 e. The van der Waals surface area contributed by atoms with E-state index >= 15 is 0 Å². The highest BCUT2D eigenvalue weighted by Crippen LogP contribution is 2.22. The van der Waals surface area contributed by atoms with Gasteiger partial charge >= 0.3 is 0 Å². The van der Waals surface area contributed by atoms with Gasteiger partial charge < -0.3 is 14.8 Å². The van der Waals surface area contributed by atoms with Crippen molar-refractivity contribution in [3.8, 4) is 0 Å². The molecule has 2 aromatic heterocycles. The van der Waals surface area contributed by atoms with E-state index < -0.39 is 0 Å². The fraction of sp³-hybridized carbons (Fsp3) is 0.308. The first-order chi connectivity index (χ1) is 9.00. The van der Waals surface area contributed by atoms with Gasteiger partial charge in [-0.15, -0.1) is 0 Å². The van der Waals surface area contributed by atoms with Gasteiger partial charge in [-0.1, -0.05) is 19.0 Å². The van der Waals surface area contributed by atoms with Gasteiger partial charge in [0.2, 0.25) is 0 Å². The van der Waals surface area contributed by atoms with Crippen LogP contribution in [0.1, 0.15) is 41.6 Å². The van der Waals surface area contributed by atoms with E-state index in [2.05, 4.69) is 15.5 Å². The Kier molecular flexibility index (Phi) is 3.50. The van der Waals surface area contributed by atoms with Crippen molar-refractivity contribution in [2.24, 2.45) is 0 Å². The molecule has 2 heterocycles. The van der Waals surface area contributed by atoms with Crippen LogP contribution in [0.15, 0.2) is 27.6 Å². The van der Waals surface area contributed by atoms with E-state index in [0.717, 1.165) is 0 Å². The van der Waals surface area contributed by atoms with Gasteiger partial charge in [0.25, 0.3) is 11.5 Å². The van der Waals surface area contributed by atoms with Crippen LogP contribution in [0.2, 0.25) is 0 Å². The number of carbonyl (C=O) groups is 1. The molecule has 0 aromatic carbocycles. The van der Waals surface area contributed by atoms with Gasteiger partial charge in [0.1, 0.15) is 11.3 Å². The number of rotatable bonds is 3. The van der Waals surface area contributed by atoms with Crippen molar-refractivity contribution in [3.63, 3.8) is 0 Å². The van der Waals surface area contributed by atoms with Gasteiger partial charge in [0.05, 0.1) is 5.69 Å². The standard InChI is InChI=1S/C13H15N3O3/c1-7(2)11-10(8(3)16-19-11)13(18)15-9-5-4-6-14-12(9)17/h4-7H,1-3H3,(H,14,17)(H,15,18). The van der Waals surface area contributed by atoms with Crippen LogP contribution in [-0.4, -0.2) is 16.0 Å². The summed E-state index contributed by atoms with van der Waals surface area (Å²) in [5, 5.41) is 6.37. The number of hydrogen-bond acceptors (Lipinski definition) is 4. The molecule has 0 spiro atoms. The Morgan fingerprint density at radius 1 is 1.47 bits per heavy atom. The molecular formula is C13H15N3O3. The molecule has 0 aliphatic carbocycles. The van der Waals surface area contributed by atoms with Crippen molar-refractivity contribution in [2.45, 2.75) is 26.7 Å². The Bertz CT molecular complexity index is 655. The van der Waals surface area contributed by atoms with Gasteiger partial charge in [0.15, 0.2) is 5.76 Å². The SMILES string of the molecule is Cc1noc(C(C)C)c1C(=O)Nc1ccc[nH]c1=O. The molecule has 1 amide bonds. The highest BCUT2D eigenvalue weighted by molar-refractivity contribution is 6.05. The molecule has 6 nitrogen and oxygen atoms in total. The Balaban J connectivity index is 2.33. The number of nitrogens with one attached hydrogen (secondary N) is 2. The largest absolute Gasteiger partial charge is 0.360 e. The molecule has 100 valence electrons. The van der Waals surface area contributed by atoms with Gasteiger partial charge in [-0.25, -0.2) is 0 Å². The first-order valence-corrected chi connectivity index (χ1v) is 5.96. The Morgan fingerprint density at radius 2 is 2.21 bits per heavy atom. The van der Waals surface area contributed by atoms with Crippen LogP contribution >= 0.6 is 0 Å². The second kappa shape index (κ2) is 5.09. The summed E-state index contributed by atoms with van der Waals surface area (Å²) in [6.07, 6.45) is 1.50. The summed E-state index contributed by atoms with van der Waals surface area (Å²) >= 11 is 0. The van der Waals surface area contributed by atoms with Crippen LogP contribution in [0.3, 0.4) is 0 Å². The Morgan fingerprint density at radius 3 is 2.84 bits per heavy atom. The van der Waals surface area contributed by atoms with E-state index in [1.807, 2.05) is 13.8 Å². The van der Waals surface area contributed by atoms with Crippen LogP contribution < -0.4 is 10.9 Å². The topological polar surface area (TPSA) is 88.0 Å². The lowest BCUT2D eigenvalue weighted by Crippen LogP contribution is -2.20. The quantitative estimate of drug-likeness (QED) is 0.885. The molecule has 2 rings (SSSR count). The number of aryl methyl sites for hydroxylation is 1. The number of anilines is 1. The minimum Gasteiger partial charge on any atom is -0.360 e. The lowest BCUT2D eigenvalue weighted by atomic mass is 10.0. The Hall–Kier alpha value is -2.37. The van der Waals surface area contributed by atoms with E-state index in [1.54, 1.807) is 13.0 Å². The molecule has 0 saturated heterocycles. The maximum Gasteiger partial charge on any atom is 0.271 e.